The second kappa shape index (κ2) is 12.3. The van der Waals surface area contributed by atoms with Gasteiger partial charge in [-0.05, 0) is 109 Å². The maximum absolute atomic E-state index is 12.9. The lowest BCUT2D eigenvalue weighted by molar-refractivity contribution is 0.0523. The van der Waals surface area contributed by atoms with E-state index in [4.69, 9.17) is 21.1 Å². The molecule has 1 fully saturated rings. The molecule has 0 spiro atoms. The lowest BCUT2D eigenvalue weighted by Crippen LogP contribution is -2.35. The lowest BCUT2D eigenvalue weighted by atomic mass is 9.83. The number of carbonyl (C=O) groups is 1. The predicted molar refractivity (Wildman–Crippen MR) is 167 cm³/mol. The summed E-state index contributed by atoms with van der Waals surface area (Å²) in [6, 6.07) is 12.4. The van der Waals surface area contributed by atoms with Gasteiger partial charge in [-0.2, -0.15) is 4.98 Å². The molecule has 2 aliphatic heterocycles. The standard InChI is InChI=1S/C33H43ClN4O4/c1-32(2,3)42-31(40)35-15-6-7-19-41-20-18-37-16-13-22(14-17-37)23-11-12-24-27(21-23)38-26-10-8-9-25(34)28(26)29(39)36-30(38)33(24,4)5/h8-12,21-22H,6-7,13-20H2,1-5H3,(H,35,40). The monoisotopic (exact) mass is 594 g/mol. The van der Waals surface area contributed by atoms with E-state index in [9.17, 15) is 9.59 Å². The Hall–Kier alpha value is -2.94. The van der Waals surface area contributed by atoms with Gasteiger partial charge in [0.1, 0.15) is 11.4 Å². The van der Waals surface area contributed by atoms with Crippen molar-refractivity contribution in [1.29, 1.82) is 0 Å². The van der Waals surface area contributed by atoms with Crippen molar-refractivity contribution in [2.75, 3.05) is 39.4 Å². The van der Waals surface area contributed by atoms with Gasteiger partial charge >= 0.3 is 6.09 Å². The fourth-order valence-corrected chi connectivity index (χ4v) is 6.40. The van der Waals surface area contributed by atoms with Crippen molar-refractivity contribution in [3.8, 4) is 5.69 Å². The molecule has 2 aromatic carbocycles. The fourth-order valence-electron chi connectivity index (χ4n) is 6.15. The van der Waals surface area contributed by atoms with Gasteiger partial charge in [0.05, 0.1) is 33.6 Å². The van der Waals surface area contributed by atoms with Crippen molar-refractivity contribution in [2.24, 2.45) is 0 Å². The Bertz CT molecular complexity index is 1500. The van der Waals surface area contributed by atoms with Gasteiger partial charge < -0.3 is 19.7 Å². The molecule has 0 unspecified atom stereocenters. The van der Waals surface area contributed by atoms with Crippen LogP contribution in [0, 0.1) is 0 Å². The van der Waals surface area contributed by atoms with Crippen molar-refractivity contribution in [2.45, 2.75) is 77.2 Å². The first kappa shape index (κ1) is 30.5. The highest BCUT2D eigenvalue weighted by Crippen LogP contribution is 2.44. The number of benzene rings is 2. The SMILES string of the molecule is CC(C)(C)OC(=O)NCCCCOCCN1CCC(c2ccc3c(c2)-n2c(nc(=O)c4c(Cl)cccc42)C3(C)C)CC1. The number of piperidine rings is 1. The fraction of sp³-hybridized carbons (Fsp3) is 0.545. The zero-order chi connectivity index (χ0) is 30.1. The van der Waals surface area contributed by atoms with Crippen LogP contribution in [0.5, 0.6) is 0 Å². The summed E-state index contributed by atoms with van der Waals surface area (Å²) in [5.41, 5.74) is 3.32. The van der Waals surface area contributed by atoms with Crippen LogP contribution in [0.1, 0.15) is 83.2 Å². The van der Waals surface area contributed by atoms with E-state index >= 15 is 0 Å². The number of fused-ring (bicyclic) bond motifs is 5. The van der Waals surface area contributed by atoms with Crippen LogP contribution in [0.2, 0.25) is 5.02 Å². The summed E-state index contributed by atoms with van der Waals surface area (Å²) in [6.45, 7) is 14.9. The smallest absolute Gasteiger partial charge is 0.407 e. The Labute approximate surface area is 253 Å². The number of aromatic nitrogens is 2. The Kier molecular flexibility index (Phi) is 8.97. The zero-order valence-corrected chi connectivity index (χ0v) is 26.2. The van der Waals surface area contributed by atoms with Crippen molar-refractivity contribution >= 4 is 28.6 Å². The highest BCUT2D eigenvalue weighted by atomic mass is 35.5. The molecule has 1 amide bonds. The molecule has 8 nitrogen and oxygen atoms in total. The molecule has 5 rings (SSSR count). The van der Waals surface area contributed by atoms with Crippen LogP contribution in [0.4, 0.5) is 4.79 Å². The number of alkyl carbamates (subject to hydrolysis) is 1. The van der Waals surface area contributed by atoms with Crippen molar-refractivity contribution < 1.29 is 14.3 Å². The number of rotatable bonds is 9. The molecular formula is C33H43ClN4O4. The Morgan fingerprint density at radius 3 is 2.62 bits per heavy atom. The first-order chi connectivity index (χ1) is 20.0. The highest BCUT2D eigenvalue weighted by molar-refractivity contribution is 6.35. The third-order valence-electron chi connectivity index (χ3n) is 8.36. The van der Waals surface area contributed by atoms with E-state index in [0.29, 0.717) is 29.5 Å². The molecule has 42 heavy (non-hydrogen) atoms. The van der Waals surface area contributed by atoms with E-state index in [1.807, 2.05) is 32.9 Å². The molecule has 3 heterocycles. The second-order valence-electron chi connectivity index (χ2n) is 13.0. The maximum atomic E-state index is 12.9. The number of amides is 1. The molecule has 3 aromatic rings. The van der Waals surface area contributed by atoms with Gasteiger partial charge in [0.2, 0.25) is 0 Å². The molecule has 1 saturated heterocycles. The maximum Gasteiger partial charge on any atom is 0.407 e. The summed E-state index contributed by atoms with van der Waals surface area (Å²) in [5, 5.41) is 3.70. The number of ether oxygens (including phenoxy) is 2. The van der Waals surface area contributed by atoms with Crippen LogP contribution in [-0.2, 0) is 14.9 Å². The van der Waals surface area contributed by atoms with Gasteiger partial charge in [0, 0.05) is 19.7 Å². The van der Waals surface area contributed by atoms with Crippen LogP contribution in [0.25, 0.3) is 16.6 Å². The highest BCUT2D eigenvalue weighted by Gasteiger charge is 2.39. The summed E-state index contributed by atoms with van der Waals surface area (Å²) in [4.78, 5) is 31.6. The average molecular weight is 595 g/mol. The van der Waals surface area contributed by atoms with Gasteiger partial charge in [0.15, 0.2) is 0 Å². The molecular weight excluding hydrogens is 552 g/mol. The summed E-state index contributed by atoms with van der Waals surface area (Å²) >= 11 is 6.45. The largest absolute Gasteiger partial charge is 0.444 e. The Morgan fingerprint density at radius 1 is 1.12 bits per heavy atom. The number of likely N-dealkylation sites (tertiary alicyclic amines) is 1. The van der Waals surface area contributed by atoms with Crippen LogP contribution >= 0.6 is 11.6 Å². The van der Waals surface area contributed by atoms with Crippen molar-refractivity contribution in [3.05, 3.63) is 68.7 Å². The van der Waals surface area contributed by atoms with Crippen molar-refractivity contribution in [3.63, 3.8) is 0 Å². The van der Waals surface area contributed by atoms with E-state index in [-0.39, 0.29) is 17.1 Å². The molecule has 9 heteroatoms. The van der Waals surface area contributed by atoms with Gasteiger partial charge in [-0.1, -0.05) is 29.8 Å². The minimum atomic E-state index is -0.475. The van der Waals surface area contributed by atoms with Crippen LogP contribution in [0.3, 0.4) is 0 Å². The molecule has 0 radical (unpaired) electrons. The zero-order valence-electron chi connectivity index (χ0n) is 25.5. The van der Waals surface area contributed by atoms with E-state index < -0.39 is 5.60 Å². The number of nitrogens with zero attached hydrogens (tertiary/aromatic N) is 3. The first-order valence-electron chi connectivity index (χ1n) is 15.1. The van der Waals surface area contributed by atoms with Crippen LogP contribution < -0.4 is 10.9 Å². The van der Waals surface area contributed by atoms with Gasteiger partial charge in [0.25, 0.3) is 5.56 Å². The van der Waals surface area contributed by atoms with E-state index in [0.717, 1.165) is 69.0 Å². The summed E-state index contributed by atoms with van der Waals surface area (Å²) in [7, 11) is 0. The molecule has 1 N–H and O–H groups in total. The van der Waals surface area contributed by atoms with Crippen LogP contribution in [0.15, 0.2) is 41.2 Å². The Balaban J connectivity index is 1.12. The number of halogens is 1. The quantitative estimate of drug-likeness (QED) is 0.298. The summed E-state index contributed by atoms with van der Waals surface area (Å²) in [5.74, 6) is 1.25. The Morgan fingerprint density at radius 2 is 1.88 bits per heavy atom. The van der Waals surface area contributed by atoms with Gasteiger partial charge in [-0.25, -0.2) is 4.79 Å². The molecule has 0 saturated carbocycles. The van der Waals surface area contributed by atoms with Gasteiger partial charge in [-0.15, -0.1) is 0 Å². The number of carbonyl (C=O) groups excluding carboxylic acids is 1. The summed E-state index contributed by atoms with van der Waals surface area (Å²) < 4.78 is 13.3. The third-order valence-corrected chi connectivity index (χ3v) is 8.67. The molecule has 0 atom stereocenters. The van der Waals surface area contributed by atoms with Crippen molar-refractivity contribution in [1.82, 2.24) is 19.8 Å². The van der Waals surface area contributed by atoms with E-state index in [2.05, 4.69) is 51.8 Å². The minimum absolute atomic E-state index is 0.269. The third kappa shape index (κ3) is 6.51. The molecule has 0 bridgehead atoms. The van der Waals surface area contributed by atoms with E-state index in [1.54, 1.807) is 6.07 Å². The average Bonchev–Trinajstić information content (AvgIpc) is 3.15. The molecule has 2 aliphatic rings. The minimum Gasteiger partial charge on any atom is -0.444 e. The lowest BCUT2D eigenvalue weighted by Gasteiger charge is -2.32. The van der Waals surface area contributed by atoms with E-state index in [1.165, 1.54) is 11.1 Å². The molecule has 0 aliphatic carbocycles. The number of hydrogen-bond acceptors (Lipinski definition) is 6. The van der Waals surface area contributed by atoms with Gasteiger partial charge in [-0.3, -0.25) is 9.36 Å². The molecule has 1 aromatic heterocycles. The normalized spacial score (nSPS) is 16.8. The summed E-state index contributed by atoms with van der Waals surface area (Å²) in [6.07, 6.45) is 3.59. The topological polar surface area (TPSA) is 85.7 Å². The second-order valence-corrected chi connectivity index (χ2v) is 13.4. The molecule has 226 valence electrons. The first-order valence-corrected chi connectivity index (χ1v) is 15.5. The number of unbranched alkanes of at least 4 members (excludes halogenated alkanes) is 1. The predicted octanol–water partition coefficient (Wildman–Crippen LogP) is 6.18. The number of nitrogens with one attached hydrogen (secondary N) is 1. The van der Waals surface area contributed by atoms with Crippen LogP contribution in [-0.4, -0.2) is 65.5 Å². The number of hydrogen-bond donors (Lipinski definition) is 1.